The fourth-order valence-electron chi connectivity index (χ4n) is 3.12. The van der Waals surface area contributed by atoms with E-state index in [-0.39, 0.29) is 36.2 Å². The van der Waals surface area contributed by atoms with Gasteiger partial charge in [-0.05, 0) is 37.1 Å². The first-order chi connectivity index (χ1) is 12.4. The summed E-state index contributed by atoms with van der Waals surface area (Å²) in [7, 11) is 0. The molecule has 1 heterocycles. The zero-order valence-electron chi connectivity index (χ0n) is 14.6. The van der Waals surface area contributed by atoms with Crippen LogP contribution in [0.15, 0.2) is 42.5 Å². The molecule has 26 heavy (non-hydrogen) atoms. The van der Waals surface area contributed by atoms with Gasteiger partial charge in [-0.2, -0.15) is 0 Å². The maximum Gasteiger partial charge on any atom is 0.293 e. The monoisotopic (exact) mass is 353 g/mol. The number of amides is 2. The summed E-state index contributed by atoms with van der Waals surface area (Å²) in [5.74, 6) is -1.07. The minimum absolute atomic E-state index is 0.0828. The standard InChI is InChI=1S/C19H19N3O4/c1-12-5-3-7-15(9-12)21-11-14(10-17(21)23)19(24)20-18-13(2)6-4-8-16(18)22(25)26/h3-9,14H,10-11H2,1-2H3,(H,20,24). The molecule has 2 amide bonds. The molecule has 0 aliphatic carbocycles. The molecule has 134 valence electrons. The average Bonchev–Trinajstić information content (AvgIpc) is 2.98. The number of rotatable bonds is 4. The first-order valence-electron chi connectivity index (χ1n) is 8.28. The highest BCUT2D eigenvalue weighted by Crippen LogP contribution is 2.30. The van der Waals surface area contributed by atoms with Gasteiger partial charge in [0.15, 0.2) is 0 Å². The minimum atomic E-state index is -0.553. The molecule has 2 aromatic carbocycles. The second-order valence-electron chi connectivity index (χ2n) is 6.46. The lowest BCUT2D eigenvalue weighted by atomic mass is 10.1. The predicted octanol–water partition coefficient (Wildman–Crippen LogP) is 3.20. The van der Waals surface area contributed by atoms with Gasteiger partial charge in [0.05, 0.1) is 10.8 Å². The van der Waals surface area contributed by atoms with Gasteiger partial charge in [0.25, 0.3) is 5.69 Å². The molecule has 1 N–H and O–H groups in total. The van der Waals surface area contributed by atoms with E-state index in [1.165, 1.54) is 6.07 Å². The molecule has 1 aliphatic rings. The lowest BCUT2D eigenvalue weighted by molar-refractivity contribution is -0.384. The van der Waals surface area contributed by atoms with Crippen LogP contribution in [-0.4, -0.2) is 23.3 Å². The molecule has 2 aromatic rings. The first-order valence-corrected chi connectivity index (χ1v) is 8.28. The summed E-state index contributed by atoms with van der Waals surface area (Å²) in [6.07, 6.45) is 0.0828. The molecule has 1 atom stereocenters. The maximum atomic E-state index is 12.6. The summed E-state index contributed by atoms with van der Waals surface area (Å²) in [4.78, 5) is 37.2. The molecular formula is C19H19N3O4. The highest BCUT2D eigenvalue weighted by Gasteiger charge is 2.36. The number of hydrogen-bond acceptors (Lipinski definition) is 4. The number of carbonyl (C=O) groups excluding carboxylic acids is 2. The van der Waals surface area contributed by atoms with Gasteiger partial charge in [0.1, 0.15) is 5.69 Å². The van der Waals surface area contributed by atoms with E-state index >= 15 is 0 Å². The van der Waals surface area contributed by atoms with Gasteiger partial charge < -0.3 is 10.2 Å². The number of carbonyl (C=O) groups is 2. The van der Waals surface area contributed by atoms with Crippen molar-refractivity contribution in [2.45, 2.75) is 20.3 Å². The van der Waals surface area contributed by atoms with E-state index in [4.69, 9.17) is 0 Å². The first kappa shape index (κ1) is 17.6. The van der Waals surface area contributed by atoms with Crippen LogP contribution in [0.1, 0.15) is 17.5 Å². The van der Waals surface area contributed by atoms with Gasteiger partial charge in [0, 0.05) is 24.7 Å². The quantitative estimate of drug-likeness (QED) is 0.675. The molecule has 0 bridgehead atoms. The Balaban J connectivity index is 1.78. The van der Waals surface area contributed by atoms with Crippen molar-refractivity contribution in [3.05, 3.63) is 63.7 Å². The van der Waals surface area contributed by atoms with Crippen molar-refractivity contribution in [2.75, 3.05) is 16.8 Å². The van der Waals surface area contributed by atoms with Crippen molar-refractivity contribution in [1.29, 1.82) is 0 Å². The highest BCUT2D eigenvalue weighted by atomic mass is 16.6. The molecule has 0 radical (unpaired) electrons. The van der Waals surface area contributed by atoms with Gasteiger partial charge in [0.2, 0.25) is 11.8 Å². The molecule has 1 unspecified atom stereocenters. The highest BCUT2D eigenvalue weighted by molar-refractivity contribution is 6.04. The number of para-hydroxylation sites is 1. The molecule has 0 saturated carbocycles. The number of nitrogens with one attached hydrogen (secondary N) is 1. The van der Waals surface area contributed by atoms with Crippen molar-refractivity contribution >= 4 is 28.9 Å². The van der Waals surface area contributed by atoms with Crippen LogP contribution in [0.4, 0.5) is 17.1 Å². The Morgan fingerprint density at radius 2 is 1.96 bits per heavy atom. The number of nitro benzene ring substituents is 1. The predicted molar refractivity (Wildman–Crippen MR) is 98.1 cm³/mol. The Hall–Kier alpha value is -3.22. The number of benzene rings is 2. The Kier molecular flexibility index (Phi) is 4.71. The van der Waals surface area contributed by atoms with Crippen molar-refractivity contribution in [3.8, 4) is 0 Å². The summed E-state index contributed by atoms with van der Waals surface area (Å²) in [5, 5.41) is 13.8. The largest absolute Gasteiger partial charge is 0.320 e. The molecule has 1 saturated heterocycles. The Morgan fingerprint density at radius 3 is 2.65 bits per heavy atom. The van der Waals surface area contributed by atoms with Crippen LogP contribution in [0, 0.1) is 29.9 Å². The van der Waals surface area contributed by atoms with Gasteiger partial charge in [-0.15, -0.1) is 0 Å². The third kappa shape index (κ3) is 3.42. The van der Waals surface area contributed by atoms with Gasteiger partial charge >= 0.3 is 0 Å². The Labute approximate surface area is 150 Å². The normalized spacial score (nSPS) is 16.6. The van der Waals surface area contributed by atoms with Gasteiger partial charge in [-0.3, -0.25) is 19.7 Å². The fourth-order valence-corrected chi connectivity index (χ4v) is 3.12. The number of aryl methyl sites for hydroxylation is 2. The summed E-state index contributed by atoms with van der Waals surface area (Å²) in [6, 6.07) is 12.1. The van der Waals surface area contributed by atoms with Crippen LogP contribution in [0.5, 0.6) is 0 Å². The van der Waals surface area contributed by atoms with E-state index in [9.17, 15) is 19.7 Å². The zero-order valence-corrected chi connectivity index (χ0v) is 14.6. The van der Waals surface area contributed by atoms with Crippen LogP contribution >= 0.6 is 0 Å². The van der Waals surface area contributed by atoms with Crippen LogP contribution in [-0.2, 0) is 9.59 Å². The van der Waals surface area contributed by atoms with Crippen molar-refractivity contribution in [2.24, 2.45) is 5.92 Å². The molecule has 7 heteroatoms. The topological polar surface area (TPSA) is 92.6 Å². The molecule has 3 rings (SSSR count). The number of nitro groups is 1. The SMILES string of the molecule is Cc1cccc(N2CC(C(=O)Nc3c(C)cccc3[N+](=O)[O-])CC2=O)c1. The maximum absolute atomic E-state index is 12.6. The van der Waals surface area contributed by atoms with Crippen molar-refractivity contribution in [1.82, 2.24) is 0 Å². The fraction of sp³-hybridized carbons (Fsp3) is 0.263. The zero-order chi connectivity index (χ0) is 18.8. The van der Waals surface area contributed by atoms with E-state index in [0.29, 0.717) is 5.56 Å². The van der Waals surface area contributed by atoms with E-state index in [1.807, 2.05) is 31.2 Å². The van der Waals surface area contributed by atoms with Crippen LogP contribution in [0.3, 0.4) is 0 Å². The Morgan fingerprint density at radius 1 is 1.23 bits per heavy atom. The molecule has 1 fully saturated rings. The van der Waals surface area contributed by atoms with Crippen molar-refractivity contribution in [3.63, 3.8) is 0 Å². The molecule has 0 spiro atoms. The molecule has 7 nitrogen and oxygen atoms in total. The summed E-state index contributed by atoms with van der Waals surface area (Å²) < 4.78 is 0. The van der Waals surface area contributed by atoms with Gasteiger partial charge in [-0.25, -0.2) is 0 Å². The second-order valence-corrected chi connectivity index (χ2v) is 6.46. The molecular weight excluding hydrogens is 334 g/mol. The summed E-state index contributed by atoms with van der Waals surface area (Å²) >= 11 is 0. The van der Waals surface area contributed by atoms with E-state index in [1.54, 1.807) is 24.0 Å². The third-order valence-electron chi connectivity index (χ3n) is 4.50. The van der Waals surface area contributed by atoms with E-state index in [0.717, 1.165) is 11.3 Å². The van der Waals surface area contributed by atoms with Crippen LogP contribution < -0.4 is 10.2 Å². The summed E-state index contributed by atoms with van der Waals surface area (Å²) in [6.45, 7) is 3.89. The van der Waals surface area contributed by atoms with Crippen molar-refractivity contribution < 1.29 is 14.5 Å². The number of hydrogen-bond donors (Lipinski definition) is 1. The smallest absolute Gasteiger partial charge is 0.293 e. The lowest BCUT2D eigenvalue weighted by Crippen LogP contribution is -2.28. The second kappa shape index (κ2) is 6.95. The Bertz CT molecular complexity index is 894. The number of nitrogens with zero attached hydrogens (tertiary/aromatic N) is 2. The molecule has 0 aromatic heterocycles. The number of anilines is 2. The third-order valence-corrected chi connectivity index (χ3v) is 4.50. The van der Waals surface area contributed by atoms with Crippen LogP contribution in [0.2, 0.25) is 0 Å². The molecule has 1 aliphatic heterocycles. The van der Waals surface area contributed by atoms with Gasteiger partial charge in [-0.1, -0.05) is 24.3 Å². The lowest BCUT2D eigenvalue weighted by Gasteiger charge is -2.17. The van der Waals surface area contributed by atoms with Crippen LogP contribution in [0.25, 0.3) is 0 Å². The average molecular weight is 353 g/mol. The van der Waals surface area contributed by atoms with E-state index in [2.05, 4.69) is 5.32 Å². The minimum Gasteiger partial charge on any atom is -0.320 e. The van der Waals surface area contributed by atoms with E-state index < -0.39 is 10.8 Å². The summed E-state index contributed by atoms with van der Waals surface area (Å²) in [5.41, 5.74) is 2.42.